The summed E-state index contributed by atoms with van der Waals surface area (Å²) in [5.41, 5.74) is 2.54. The first-order valence-corrected chi connectivity index (χ1v) is 7.91. The van der Waals surface area contributed by atoms with Crippen LogP contribution in [0.2, 0.25) is 0 Å². The molecule has 0 amide bonds. The van der Waals surface area contributed by atoms with Crippen LogP contribution in [-0.4, -0.2) is 29.8 Å². The van der Waals surface area contributed by atoms with Gasteiger partial charge in [0, 0.05) is 43.0 Å². The second-order valence-electron chi connectivity index (χ2n) is 4.88. The lowest BCUT2D eigenvalue weighted by molar-refractivity contribution is 0.199. The molecule has 1 N–H and O–H groups in total. The van der Waals surface area contributed by atoms with Gasteiger partial charge in [0.25, 0.3) is 0 Å². The minimum atomic E-state index is 0.729. The number of thiazole rings is 1. The first kappa shape index (κ1) is 14.3. The maximum Gasteiger partial charge on any atom is 0.112 e. The third-order valence-electron chi connectivity index (χ3n) is 3.46. The lowest BCUT2D eigenvalue weighted by Gasteiger charge is -2.10. The van der Waals surface area contributed by atoms with Crippen LogP contribution in [0.4, 0.5) is 0 Å². The van der Waals surface area contributed by atoms with Gasteiger partial charge in [0.2, 0.25) is 0 Å². The summed E-state index contributed by atoms with van der Waals surface area (Å²) in [6, 6.07) is 10.7. The summed E-state index contributed by atoms with van der Waals surface area (Å²) >= 11 is 1.70. The van der Waals surface area contributed by atoms with Gasteiger partial charge < -0.3 is 14.6 Å². The number of hydrogen-bond donors (Lipinski definition) is 1. The van der Waals surface area contributed by atoms with Crippen LogP contribution in [0, 0.1) is 0 Å². The van der Waals surface area contributed by atoms with Crippen molar-refractivity contribution in [2.45, 2.75) is 13.1 Å². The Balaban J connectivity index is 1.86. The van der Waals surface area contributed by atoms with Gasteiger partial charge in [-0.05, 0) is 17.5 Å². The van der Waals surface area contributed by atoms with Crippen LogP contribution in [-0.2, 0) is 17.8 Å². The van der Waals surface area contributed by atoms with Crippen LogP contribution in [0.3, 0.4) is 0 Å². The smallest absolute Gasteiger partial charge is 0.112 e. The fourth-order valence-corrected chi connectivity index (χ4v) is 3.06. The van der Waals surface area contributed by atoms with Crippen molar-refractivity contribution in [3.8, 4) is 0 Å². The summed E-state index contributed by atoms with van der Waals surface area (Å²) in [6.45, 7) is 3.25. The zero-order chi connectivity index (χ0) is 14.5. The van der Waals surface area contributed by atoms with Crippen molar-refractivity contribution in [1.82, 2.24) is 14.9 Å². The van der Waals surface area contributed by atoms with E-state index in [-0.39, 0.29) is 0 Å². The van der Waals surface area contributed by atoms with Crippen molar-refractivity contribution in [3.63, 3.8) is 0 Å². The van der Waals surface area contributed by atoms with E-state index in [1.807, 2.05) is 11.6 Å². The Morgan fingerprint density at radius 1 is 1.33 bits per heavy atom. The summed E-state index contributed by atoms with van der Waals surface area (Å²) in [4.78, 5) is 4.41. The number of fused-ring (bicyclic) bond motifs is 1. The molecule has 3 aromatic rings. The molecular weight excluding hydrogens is 282 g/mol. The first-order chi connectivity index (χ1) is 10.4. The van der Waals surface area contributed by atoms with E-state index in [1.165, 1.54) is 16.6 Å². The van der Waals surface area contributed by atoms with Crippen molar-refractivity contribution in [2.24, 2.45) is 0 Å². The molecule has 3 rings (SSSR count). The normalized spacial score (nSPS) is 11.3. The fraction of sp³-hybridized carbons (Fsp3) is 0.312. The minimum absolute atomic E-state index is 0.729. The number of para-hydroxylation sites is 1. The number of nitrogens with zero attached hydrogens (tertiary/aromatic N) is 2. The first-order valence-electron chi connectivity index (χ1n) is 7.03. The third kappa shape index (κ3) is 3.32. The molecule has 21 heavy (non-hydrogen) atoms. The van der Waals surface area contributed by atoms with Crippen molar-refractivity contribution in [2.75, 3.05) is 20.3 Å². The monoisotopic (exact) mass is 301 g/mol. The van der Waals surface area contributed by atoms with Gasteiger partial charge in [-0.1, -0.05) is 18.2 Å². The van der Waals surface area contributed by atoms with E-state index in [1.54, 1.807) is 18.4 Å². The summed E-state index contributed by atoms with van der Waals surface area (Å²) in [7, 11) is 1.72. The maximum atomic E-state index is 5.08. The van der Waals surface area contributed by atoms with Crippen LogP contribution in [0.5, 0.6) is 0 Å². The molecule has 0 radical (unpaired) electrons. The Morgan fingerprint density at radius 2 is 2.24 bits per heavy atom. The van der Waals surface area contributed by atoms with Gasteiger partial charge in [-0.25, -0.2) is 4.98 Å². The quantitative estimate of drug-likeness (QED) is 0.682. The van der Waals surface area contributed by atoms with Gasteiger partial charge in [-0.15, -0.1) is 11.3 Å². The SMILES string of the molecule is COCCNCc1cc2ccccc2n1Cc1nccs1. The largest absolute Gasteiger partial charge is 0.383 e. The standard InChI is InChI=1S/C16H19N3OS/c1-20-8-6-17-11-14-10-13-4-2-3-5-15(13)19(14)12-16-18-7-9-21-16/h2-5,7,9-10,17H,6,8,11-12H2,1H3. The van der Waals surface area contributed by atoms with E-state index in [2.05, 4.69) is 45.2 Å². The van der Waals surface area contributed by atoms with Gasteiger partial charge in [0.15, 0.2) is 0 Å². The molecule has 1 aromatic carbocycles. The van der Waals surface area contributed by atoms with Gasteiger partial charge in [-0.3, -0.25) is 0 Å². The van der Waals surface area contributed by atoms with Crippen LogP contribution in [0.1, 0.15) is 10.7 Å². The zero-order valence-electron chi connectivity index (χ0n) is 12.1. The Kier molecular flexibility index (Phi) is 4.65. The molecule has 2 aromatic heterocycles. The number of hydrogen-bond acceptors (Lipinski definition) is 4. The molecule has 0 unspecified atom stereocenters. The number of benzene rings is 1. The molecule has 110 valence electrons. The van der Waals surface area contributed by atoms with Crippen molar-refractivity contribution >= 4 is 22.2 Å². The van der Waals surface area contributed by atoms with E-state index in [0.717, 1.165) is 31.2 Å². The van der Waals surface area contributed by atoms with Gasteiger partial charge >= 0.3 is 0 Å². The average Bonchev–Trinajstić information content (AvgIpc) is 3.13. The molecule has 0 saturated carbocycles. The van der Waals surface area contributed by atoms with E-state index < -0.39 is 0 Å². The minimum Gasteiger partial charge on any atom is -0.383 e. The topological polar surface area (TPSA) is 39.1 Å². The number of ether oxygens (including phenoxy) is 1. The molecule has 4 nitrogen and oxygen atoms in total. The van der Waals surface area contributed by atoms with Crippen LogP contribution in [0.25, 0.3) is 10.9 Å². The van der Waals surface area contributed by atoms with Crippen LogP contribution < -0.4 is 5.32 Å². The molecule has 0 aliphatic rings. The Morgan fingerprint density at radius 3 is 3.05 bits per heavy atom. The highest BCUT2D eigenvalue weighted by atomic mass is 32.1. The summed E-state index contributed by atoms with van der Waals surface area (Å²) in [5, 5.41) is 7.86. The lowest BCUT2D eigenvalue weighted by atomic mass is 10.2. The Labute approximate surface area is 128 Å². The highest BCUT2D eigenvalue weighted by Crippen LogP contribution is 2.21. The summed E-state index contributed by atoms with van der Waals surface area (Å²) in [5.74, 6) is 0. The molecule has 0 bridgehead atoms. The Hall–Kier alpha value is -1.69. The highest BCUT2D eigenvalue weighted by Gasteiger charge is 2.09. The third-order valence-corrected chi connectivity index (χ3v) is 4.23. The van der Waals surface area contributed by atoms with Crippen molar-refractivity contribution in [1.29, 1.82) is 0 Å². The summed E-state index contributed by atoms with van der Waals surface area (Å²) < 4.78 is 7.42. The van der Waals surface area contributed by atoms with E-state index in [0.29, 0.717) is 0 Å². The average molecular weight is 301 g/mol. The van der Waals surface area contributed by atoms with Crippen molar-refractivity contribution in [3.05, 3.63) is 52.6 Å². The number of methoxy groups -OCH3 is 1. The Bertz CT molecular complexity index is 691. The van der Waals surface area contributed by atoms with Crippen LogP contribution in [0.15, 0.2) is 41.9 Å². The van der Waals surface area contributed by atoms with Crippen LogP contribution >= 0.6 is 11.3 Å². The second-order valence-corrected chi connectivity index (χ2v) is 5.86. The van der Waals surface area contributed by atoms with E-state index >= 15 is 0 Å². The summed E-state index contributed by atoms with van der Waals surface area (Å²) in [6.07, 6.45) is 1.86. The predicted octanol–water partition coefficient (Wildman–Crippen LogP) is 2.88. The molecule has 2 heterocycles. The number of rotatable bonds is 7. The zero-order valence-corrected chi connectivity index (χ0v) is 12.9. The van der Waals surface area contributed by atoms with Gasteiger partial charge in [0.05, 0.1) is 13.2 Å². The van der Waals surface area contributed by atoms with E-state index in [9.17, 15) is 0 Å². The molecule has 0 fully saturated rings. The molecule has 5 heteroatoms. The highest BCUT2D eigenvalue weighted by molar-refractivity contribution is 7.09. The molecule has 0 spiro atoms. The van der Waals surface area contributed by atoms with Gasteiger partial charge in [-0.2, -0.15) is 0 Å². The second kappa shape index (κ2) is 6.85. The predicted molar refractivity (Wildman–Crippen MR) is 86.7 cm³/mol. The fourth-order valence-electron chi connectivity index (χ4n) is 2.46. The molecular formula is C16H19N3OS. The lowest BCUT2D eigenvalue weighted by Crippen LogP contribution is -2.20. The number of nitrogens with one attached hydrogen (secondary N) is 1. The molecule has 0 saturated heterocycles. The molecule has 0 aliphatic heterocycles. The molecule has 0 atom stereocenters. The van der Waals surface area contributed by atoms with E-state index in [4.69, 9.17) is 4.74 Å². The van der Waals surface area contributed by atoms with Gasteiger partial charge in [0.1, 0.15) is 5.01 Å². The maximum absolute atomic E-state index is 5.08. The molecule has 0 aliphatic carbocycles. The van der Waals surface area contributed by atoms with Crippen molar-refractivity contribution < 1.29 is 4.74 Å². The number of aromatic nitrogens is 2.